The zero-order valence-electron chi connectivity index (χ0n) is 14.1. The van der Waals surface area contributed by atoms with E-state index in [1.807, 2.05) is 12.1 Å². The van der Waals surface area contributed by atoms with Gasteiger partial charge in [-0.15, -0.1) is 12.8 Å². The highest BCUT2D eigenvalue weighted by Gasteiger charge is 2.08. The average Bonchev–Trinajstić information content (AvgIpc) is 2.71. The Morgan fingerprint density at radius 3 is 1.19 bits per heavy atom. The van der Waals surface area contributed by atoms with Gasteiger partial charge in [0.2, 0.25) is 0 Å². The van der Waals surface area contributed by atoms with Crippen molar-refractivity contribution in [2.24, 2.45) is 0 Å². The van der Waals surface area contributed by atoms with E-state index in [-0.39, 0.29) is 0 Å². The molecule has 0 spiro atoms. The number of terminal acetylenes is 2. The van der Waals surface area contributed by atoms with Gasteiger partial charge in [0.1, 0.15) is 0 Å². The fraction of sp³-hybridized carbons (Fsp3) is 0. The Labute approximate surface area is 152 Å². The Kier molecular flexibility index (Phi) is 3.02. The van der Waals surface area contributed by atoms with Crippen LogP contribution in [0.1, 0.15) is 11.1 Å². The van der Waals surface area contributed by atoms with Crippen molar-refractivity contribution >= 4 is 43.1 Å². The molecule has 0 aliphatic carbocycles. The molecule has 5 rings (SSSR count). The van der Waals surface area contributed by atoms with Crippen molar-refractivity contribution in [1.82, 2.24) is 0 Å². The van der Waals surface area contributed by atoms with E-state index in [0.29, 0.717) is 0 Å². The van der Waals surface area contributed by atoms with E-state index < -0.39 is 0 Å². The van der Waals surface area contributed by atoms with Crippen LogP contribution in [0.4, 0.5) is 0 Å². The highest BCUT2D eigenvalue weighted by Crippen LogP contribution is 2.35. The van der Waals surface area contributed by atoms with Crippen LogP contribution in [0, 0.1) is 24.7 Å². The van der Waals surface area contributed by atoms with Crippen molar-refractivity contribution in [3.05, 3.63) is 83.9 Å². The van der Waals surface area contributed by atoms with Crippen LogP contribution in [0.2, 0.25) is 0 Å². The normalized spacial score (nSPS) is 11.0. The minimum absolute atomic E-state index is 0.910. The molecule has 0 bridgehead atoms. The highest BCUT2D eigenvalue weighted by molar-refractivity contribution is 6.22. The van der Waals surface area contributed by atoms with Gasteiger partial charge in [0.05, 0.1) is 0 Å². The van der Waals surface area contributed by atoms with Gasteiger partial charge >= 0.3 is 0 Å². The molecule has 118 valence electrons. The number of rotatable bonds is 0. The van der Waals surface area contributed by atoms with E-state index in [1.54, 1.807) is 0 Å². The predicted octanol–water partition coefficient (Wildman–Crippen LogP) is 6.26. The SMILES string of the molecule is C#Cc1ccc2c(ccc3c2ccc2c4ccc(C#C)cc4ccc23)c1. The van der Waals surface area contributed by atoms with E-state index >= 15 is 0 Å². The first kappa shape index (κ1) is 14.6. The third kappa shape index (κ3) is 2.00. The molecule has 0 nitrogen and oxygen atoms in total. The molecule has 0 N–H and O–H groups in total. The Morgan fingerprint density at radius 2 is 0.769 bits per heavy atom. The molecule has 5 aromatic rings. The van der Waals surface area contributed by atoms with E-state index in [2.05, 4.69) is 72.5 Å². The largest absolute Gasteiger partial charge is 0.115 e. The molecule has 0 aliphatic heterocycles. The van der Waals surface area contributed by atoms with Gasteiger partial charge in [-0.1, -0.05) is 60.4 Å². The van der Waals surface area contributed by atoms with Crippen molar-refractivity contribution in [1.29, 1.82) is 0 Å². The zero-order chi connectivity index (χ0) is 17.7. The van der Waals surface area contributed by atoms with Gasteiger partial charge in [-0.3, -0.25) is 0 Å². The van der Waals surface area contributed by atoms with Crippen LogP contribution in [0.3, 0.4) is 0 Å². The van der Waals surface area contributed by atoms with Crippen LogP contribution in [0.25, 0.3) is 43.1 Å². The molecule has 26 heavy (non-hydrogen) atoms. The summed E-state index contributed by atoms with van der Waals surface area (Å²) in [6, 6.07) is 25.5. The summed E-state index contributed by atoms with van der Waals surface area (Å²) in [6.07, 6.45) is 11.1. The topological polar surface area (TPSA) is 0 Å². The van der Waals surface area contributed by atoms with E-state index in [4.69, 9.17) is 12.8 Å². The van der Waals surface area contributed by atoms with Crippen molar-refractivity contribution in [3.8, 4) is 24.7 Å². The molecular weight excluding hydrogens is 312 g/mol. The lowest BCUT2D eigenvalue weighted by Crippen LogP contribution is -1.84. The molecule has 0 atom stereocenters. The molecular formula is C26H14. The lowest BCUT2D eigenvalue weighted by Gasteiger charge is -2.10. The molecule has 0 amide bonds. The maximum Gasteiger partial charge on any atom is 0.0248 e. The minimum Gasteiger partial charge on any atom is -0.115 e. The summed E-state index contributed by atoms with van der Waals surface area (Å²) in [7, 11) is 0. The second-order valence-corrected chi connectivity index (χ2v) is 6.55. The lowest BCUT2D eigenvalue weighted by atomic mass is 9.93. The minimum atomic E-state index is 0.910. The Hall–Kier alpha value is -3.74. The molecule has 0 unspecified atom stereocenters. The van der Waals surface area contributed by atoms with Crippen LogP contribution in [0.15, 0.2) is 72.8 Å². The van der Waals surface area contributed by atoms with Gasteiger partial charge in [-0.05, 0) is 67.4 Å². The summed E-state index contributed by atoms with van der Waals surface area (Å²) in [6.45, 7) is 0. The molecule has 0 fully saturated rings. The Bertz CT molecular complexity index is 1320. The first-order valence-electron chi connectivity index (χ1n) is 8.54. The third-order valence-electron chi connectivity index (χ3n) is 5.16. The fourth-order valence-electron chi connectivity index (χ4n) is 3.88. The maximum atomic E-state index is 5.54. The average molecular weight is 326 g/mol. The quantitative estimate of drug-likeness (QED) is 0.233. The van der Waals surface area contributed by atoms with Crippen LogP contribution < -0.4 is 0 Å². The first-order chi connectivity index (χ1) is 12.8. The first-order valence-corrected chi connectivity index (χ1v) is 8.54. The molecule has 0 saturated heterocycles. The summed E-state index contributed by atoms with van der Waals surface area (Å²) in [4.78, 5) is 0. The van der Waals surface area contributed by atoms with Crippen LogP contribution in [-0.2, 0) is 0 Å². The number of benzene rings is 5. The summed E-state index contributed by atoms with van der Waals surface area (Å²) in [5, 5.41) is 9.81. The summed E-state index contributed by atoms with van der Waals surface area (Å²) in [5.74, 6) is 5.42. The maximum absolute atomic E-state index is 5.54. The second kappa shape index (κ2) is 5.38. The molecule has 0 heterocycles. The molecule has 0 radical (unpaired) electrons. The van der Waals surface area contributed by atoms with Crippen molar-refractivity contribution in [3.63, 3.8) is 0 Å². The number of hydrogen-bond acceptors (Lipinski definition) is 0. The van der Waals surface area contributed by atoms with Crippen molar-refractivity contribution in [2.75, 3.05) is 0 Å². The fourth-order valence-corrected chi connectivity index (χ4v) is 3.88. The zero-order valence-corrected chi connectivity index (χ0v) is 14.1. The Morgan fingerprint density at radius 1 is 0.423 bits per heavy atom. The monoisotopic (exact) mass is 326 g/mol. The van der Waals surface area contributed by atoms with Crippen LogP contribution in [0.5, 0.6) is 0 Å². The number of fused-ring (bicyclic) bond motifs is 7. The molecule has 0 aromatic heterocycles. The van der Waals surface area contributed by atoms with Crippen molar-refractivity contribution < 1.29 is 0 Å². The van der Waals surface area contributed by atoms with Gasteiger partial charge in [0.25, 0.3) is 0 Å². The summed E-state index contributed by atoms with van der Waals surface area (Å²) in [5.41, 5.74) is 1.82. The molecule has 0 aliphatic rings. The van der Waals surface area contributed by atoms with Gasteiger partial charge in [0.15, 0.2) is 0 Å². The van der Waals surface area contributed by atoms with Gasteiger partial charge < -0.3 is 0 Å². The van der Waals surface area contributed by atoms with E-state index in [1.165, 1.54) is 43.1 Å². The standard InChI is InChI=1S/C26H14/c1-3-17-5-9-21-19(15-17)7-11-25-23(21)13-14-24-22-10-6-18(4-2)16-20(22)8-12-26(24)25/h1-2,5-16H. The third-order valence-corrected chi connectivity index (χ3v) is 5.16. The van der Waals surface area contributed by atoms with Gasteiger partial charge in [0, 0.05) is 11.1 Å². The lowest BCUT2D eigenvalue weighted by molar-refractivity contribution is 1.72. The van der Waals surface area contributed by atoms with E-state index in [9.17, 15) is 0 Å². The predicted molar refractivity (Wildman–Crippen MR) is 112 cm³/mol. The van der Waals surface area contributed by atoms with Crippen LogP contribution >= 0.6 is 0 Å². The molecule has 5 aromatic carbocycles. The number of hydrogen-bond donors (Lipinski definition) is 0. The molecule has 0 heteroatoms. The smallest absolute Gasteiger partial charge is 0.0248 e. The summed E-state index contributed by atoms with van der Waals surface area (Å²) < 4.78 is 0. The second-order valence-electron chi connectivity index (χ2n) is 6.55. The summed E-state index contributed by atoms with van der Waals surface area (Å²) >= 11 is 0. The Balaban J connectivity index is 1.90. The van der Waals surface area contributed by atoms with Gasteiger partial charge in [-0.25, -0.2) is 0 Å². The van der Waals surface area contributed by atoms with Crippen molar-refractivity contribution in [2.45, 2.75) is 0 Å². The van der Waals surface area contributed by atoms with Gasteiger partial charge in [-0.2, -0.15) is 0 Å². The highest BCUT2D eigenvalue weighted by atomic mass is 14.1. The van der Waals surface area contributed by atoms with E-state index in [0.717, 1.165) is 11.1 Å². The van der Waals surface area contributed by atoms with Crippen LogP contribution in [-0.4, -0.2) is 0 Å². The molecule has 0 saturated carbocycles.